The number of piperidine rings is 1. The molecule has 2 heteroatoms. The fourth-order valence-electron chi connectivity index (χ4n) is 3.84. The van der Waals surface area contributed by atoms with Crippen molar-refractivity contribution in [3.05, 3.63) is 0 Å². The lowest BCUT2D eigenvalue weighted by Gasteiger charge is -2.38. The van der Waals surface area contributed by atoms with Gasteiger partial charge in [0.2, 0.25) is 0 Å². The Balaban J connectivity index is 1.61. The minimum atomic E-state index is 0.506. The molecule has 0 aromatic carbocycles. The van der Waals surface area contributed by atoms with Gasteiger partial charge in [-0.25, -0.2) is 0 Å². The van der Waals surface area contributed by atoms with E-state index < -0.39 is 0 Å². The molecule has 2 unspecified atom stereocenters. The summed E-state index contributed by atoms with van der Waals surface area (Å²) in [6.07, 6.45) is 9.75. The molecule has 14 heavy (non-hydrogen) atoms. The Bertz CT molecular complexity index is 208. The first-order valence-corrected chi connectivity index (χ1v) is 6.34. The maximum Gasteiger partial charge on any atom is 0.0101 e. The summed E-state index contributed by atoms with van der Waals surface area (Å²) in [5.41, 5.74) is 5.95. The Morgan fingerprint density at radius 2 is 1.57 bits per heavy atom. The summed E-state index contributed by atoms with van der Waals surface area (Å²) in [5, 5.41) is 0. The Morgan fingerprint density at radius 1 is 0.857 bits per heavy atom. The van der Waals surface area contributed by atoms with Gasteiger partial charge in [-0.2, -0.15) is 0 Å². The topological polar surface area (TPSA) is 29.3 Å². The summed E-state index contributed by atoms with van der Waals surface area (Å²) in [7, 11) is 0. The molecule has 0 aromatic rings. The van der Waals surface area contributed by atoms with Gasteiger partial charge in [-0.1, -0.05) is 0 Å². The molecule has 3 fully saturated rings. The number of nitrogens with two attached hydrogens (primary N) is 1. The highest BCUT2D eigenvalue weighted by molar-refractivity contribution is 4.96. The van der Waals surface area contributed by atoms with E-state index in [1.807, 2.05) is 0 Å². The molecule has 0 aromatic heterocycles. The van der Waals surface area contributed by atoms with E-state index in [0.717, 1.165) is 18.0 Å². The first-order valence-electron chi connectivity index (χ1n) is 6.34. The molecule has 2 N–H and O–H groups in total. The zero-order valence-corrected chi connectivity index (χ0v) is 8.99. The molecule has 1 heterocycles. The van der Waals surface area contributed by atoms with Crippen LogP contribution in [0.15, 0.2) is 0 Å². The maximum absolute atomic E-state index is 5.95. The van der Waals surface area contributed by atoms with Crippen LogP contribution >= 0.6 is 0 Å². The van der Waals surface area contributed by atoms with Gasteiger partial charge in [0.25, 0.3) is 0 Å². The average Bonchev–Trinajstić information content (AvgIpc) is 2.80. The van der Waals surface area contributed by atoms with E-state index in [1.165, 1.54) is 51.5 Å². The molecule has 2 bridgehead atoms. The zero-order valence-electron chi connectivity index (χ0n) is 8.99. The van der Waals surface area contributed by atoms with E-state index in [4.69, 9.17) is 5.73 Å². The minimum absolute atomic E-state index is 0.506. The zero-order chi connectivity index (χ0) is 9.54. The largest absolute Gasteiger partial charge is 0.328 e. The van der Waals surface area contributed by atoms with Gasteiger partial charge in [0.05, 0.1) is 0 Å². The fraction of sp³-hybridized carbons (Fsp3) is 1.00. The highest BCUT2D eigenvalue weighted by atomic mass is 15.2. The van der Waals surface area contributed by atoms with Crippen LogP contribution in [0.4, 0.5) is 0 Å². The van der Waals surface area contributed by atoms with E-state index >= 15 is 0 Å². The molecule has 0 amide bonds. The predicted octanol–water partition coefficient (Wildman–Crippen LogP) is 1.74. The van der Waals surface area contributed by atoms with Crippen LogP contribution in [0.2, 0.25) is 0 Å². The normalized spacial score (nSPS) is 48.6. The van der Waals surface area contributed by atoms with Crippen LogP contribution in [0.25, 0.3) is 0 Å². The predicted molar refractivity (Wildman–Crippen MR) is 58.1 cm³/mol. The van der Waals surface area contributed by atoms with Crippen molar-refractivity contribution in [2.24, 2.45) is 11.7 Å². The molecule has 2 atom stereocenters. The Kier molecular flexibility index (Phi) is 2.29. The van der Waals surface area contributed by atoms with Crippen molar-refractivity contribution in [1.82, 2.24) is 4.90 Å². The summed E-state index contributed by atoms with van der Waals surface area (Å²) in [6.45, 7) is 1.41. The van der Waals surface area contributed by atoms with Crippen LogP contribution in [0.5, 0.6) is 0 Å². The van der Waals surface area contributed by atoms with Crippen molar-refractivity contribution in [3.63, 3.8) is 0 Å². The molecule has 3 rings (SSSR count). The number of nitrogens with zero attached hydrogens (tertiary/aromatic N) is 1. The monoisotopic (exact) mass is 194 g/mol. The smallest absolute Gasteiger partial charge is 0.0101 e. The molecular weight excluding hydrogens is 172 g/mol. The molecule has 2 nitrogen and oxygen atoms in total. The Hall–Kier alpha value is -0.0800. The van der Waals surface area contributed by atoms with Gasteiger partial charge in [-0.05, 0) is 50.9 Å². The molecular formula is C12H22N2. The third-order valence-electron chi connectivity index (χ3n) is 4.66. The lowest BCUT2D eigenvalue weighted by Crippen LogP contribution is -2.44. The number of rotatable bonds is 1. The first-order chi connectivity index (χ1) is 6.83. The number of hydrogen-bond donors (Lipinski definition) is 1. The average molecular weight is 194 g/mol. The third-order valence-corrected chi connectivity index (χ3v) is 4.66. The number of fused-ring (bicyclic) bond motifs is 2. The molecule has 3 aliphatic rings. The van der Waals surface area contributed by atoms with Crippen LogP contribution in [0.3, 0.4) is 0 Å². The highest BCUT2D eigenvalue weighted by Crippen LogP contribution is 2.40. The van der Waals surface area contributed by atoms with Gasteiger partial charge >= 0.3 is 0 Å². The summed E-state index contributed by atoms with van der Waals surface area (Å²) in [5.74, 6) is 1.05. The van der Waals surface area contributed by atoms with E-state index in [9.17, 15) is 0 Å². The van der Waals surface area contributed by atoms with Gasteiger partial charge in [-0.3, -0.25) is 4.90 Å². The van der Waals surface area contributed by atoms with Crippen LogP contribution in [-0.2, 0) is 0 Å². The van der Waals surface area contributed by atoms with E-state index in [-0.39, 0.29) is 0 Å². The van der Waals surface area contributed by atoms with E-state index in [1.54, 1.807) is 0 Å². The van der Waals surface area contributed by atoms with E-state index in [0.29, 0.717) is 6.04 Å². The molecule has 1 aliphatic heterocycles. The van der Waals surface area contributed by atoms with E-state index in [2.05, 4.69) is 4.90 Å². The maximum atomic E-state index is 5.95. The summed E-state index contributed by atoms with van der Waals surface area (Å²) in [4.78, 5) is 2.82. The van der Waals surface area contributed by atoms with Gasteiger partial charge in [0.1, 0.15) is 0 Å². The molecule has 0 spiro atoms. The van der Waals surface area contributed by atoms with Crippen molar-refractivity contribution in [2.45, 2.75) is 63.1 Å². The lowest BCUT2D eigenvalue weighted by atomic mass is 9.90. The highest BCUT2D eigenvalue weighted by Gasteiger charge is 2.41. The van der Waals surface area contributed by atoms with Crippen LogP contribution < -0.4 is 5.73 Å². The Labute approximate surface area is 86.8 Å². The molecule has 1 saturated heterocycles. The SMILES string of the molecule is NC1CCC(N2CC3CCC2C3)CC1. The molecule has 2 saturated carbocycles. The number of hydrogen-bond acceptors (Lipinski definition) is 2. The second kappa shape index (κ2) is 3.49. The number of likely N-dealkylation sites (tertiary alicyclic amines) is 1. The fourth-order valence-corrected chi connectivity index (χ4v) is 3.84. The van der Waals surface area contributed by atoms with Crippen LogP contribution in [-0.4, -0.2) is 29.6 Å². The second-order valence-corrected chi connectivity index (χ2v) is 5.60. The molecule has 2 aliphatic carbocycles. The summed E-state index contributed by atoms with van der Waals surface area (Å²) in [6, 6.07) is 2.36. The van der Waals surface area contributed by atoms with Crippen molar-refractivity contribution in [1.29, 1.82) is 0 Å². The van der Waals surface area contributed by atoms with Crippen LogP contribution in [0.1, 0.15) is 44.9 Å². The van der Waals surface area contributed by atoms with Crippen molar-refractivity contribution in [3.8, 4) is 0 Å². The molecule has 80 valence electrons. The van der Waals surface area contributed by atoms with Crippen LogP contribution in [0, 0.1) is 5.92 Å². The van der Waals surface area contributed by atoms with Crippen molar-refractivity contribution >= 4 is 0 Å². The van der Waals surface area contributed by atoms with Gasteiger partial charge < -0.3 is 5.73 Å². The third kappa shape index (κ3) is 1.49. The minimum Gasteiger partial charge on any atom is -0.328 e. The standard InChI is InChI=1S/C12H22N2/c13-10-2-5-11(6-3-10)14-8-9-1-4-12(14)7-9/h9-12H,1-8,13H2. The lowest BCUT2D eigenvalue weighted by molar-refractivity contribution is 0.113. The van der Waals surface area contributed by atoms with Gasteiger partial charge in [-0.15, -0.1) is 0 Å². The summed E-state index contributed by atoms with van der Waals surface area (Å²) >= 11 is 0. The van der Waals surface area contributed by atoms with Crippen molar-refractivity contribution in [2.75, 3.05) is 6.54 Å². The second-order valence-electron chi connectivity index (χ2n) is 5.60. The Morgan fingerprint density at radius 3 is 2.14 bits per heavy atom. The van der Waals surface area contributed by atoms with Gasteiger partial charge in [0.15, 0.2) is 0 Å². The molecule has 0 radical (unpaired) electrons. The summed E-state index contributed by atoms with van der Waals surface area (Å²) < 4.78 is 0. The first kappa shape index (κ1) is 9.17. The van der Waals surface area contributed by atoms with Crippen molar-refractivity contribution < 1.29 is 0 Å². The van der Waals surface area contributed by atoms with Gasteiger partial charge in [0, 0.05) is 24.7 Å². The quantitative estimate of drug-likeness (QED) is 0.689.